The highest BCUT2D eigenvalue weighted by molar-refractivity contribution is 5.92. The molecule has 1 aromatic carbocycles. The molecule has 126 valence electrons. The van der Waals surface area contributed by atoms with E-state index in [0.717, 1.165) is 25.0 Å². The van der Waals surface area contributed by atoms with Gasteiger partial charge in [0.15, 0.2) is 0 Å². The van der Waals surface area contributed by atoms with Crippen molar-refractivity contribution in [2.24, 2.45) is 0 Å². The number of H-pyrrole nitrogens is 1. The maximum Gasteiger partial charge on any atom is 0.274 e. The van der Waals surface area contributed by atoms with Crippen LogP contribution in [0, 0.1) is 0 Å². The summed E-state index contributed by atoms with van der Waals surface area (Å²) in [6.07, 6.45) is 3.11. The van der Waals surface area contributed by atoms with Gasteiger partial charge in [-0.2, -0.15) is 5.10 Å². The third kappa shape index (κ3) is 3.64. The van der Waals surface area contributed by atoms with Gasteiger partial charge in [-0.15, -0.1) is 0 Å². The quantitative estimate of drug-likeness (QED) is 0.937. The number of ether oxygens (including phenoxy) is 1. The van der Waals surface area contributed by atoms with E-state index in [9.17, 15) is 9.59 Å². The summed E-state index contributed by atoms with van der Waals surface area (Å²) in [6, 6.07) is 10.9. The van der Waals surface area contributed by atoms with Gasteiger partial charge >= 0.3 is 0 Å². The Labute approximate surface area is 140 Å². The minimum absolute atomic E-state index is 0.133. The predicted octanol–water partition coefficient (Wildman–Crippen LogP) is 2.19. The van der Waals surface area contributed by atoms with Crippen LogP contribution in [0.2, 0.25) is 0 Å². The van der Waals surface area contributed by atoms with Crippen LogP contribution >= 0.6 is 0 Å². The molecule has 0 spiro atoms. The van der Waals surface area contributed by atoms with Crippen LogP contribution in [-0.4, -0.2) is 41.2 Å². The van der Waals surface area contributed by atoms with Gasteiger partial charge in [-0.1, -0.05) is 18.6 Å². The number of carbonyl (C=O) groups is 1. The first kappa shape index (κ1) is 16.2. The van der Waals surface area contributed by atoms with Crippen molar-refractivity contribution in [3.05, 3.63) is 58.0 Å². The largest absolute Gasteiger partial charge is 0.497 e. The number of rotatable bonds is 3. The number of carbonyl (C=O) groups excluding carboxylic acids is 1. The second-order valence-electron chi connectivity index (χ2n) is 6.02. The van der Waals surface area contributed by atoms with Crippen molar-refractivity contribution < 1.29 is 9.53 Å². The SMILES string of the molecule is COc1ccc(C2CCCCN(C(=O)c3ccc(=O)[nH]n3)C2)cc1. The Balaban J connectivity index is 1.77. The van der Waals surface area contributed by atoms with E-state index in [0.29, 0.717) is 19.0 Å². The van der Waals surface area contributed by atoms with Crippen LogP contribution < -0.4 is 10.3 Å². The van der Waals surface area contributed by atoms with Crippen molar-refractivity contribution in [2.45, 2.75) is 25.2 Å². The highest BCUT2D eigenvalue weighted by atomic mass is 16.5. The Bertz CT molecular complexity index is 734. The first-order chi connectivity index (χ1) is 11.7. The molecule has 1 fully saturated rings. The highest BCUT2D eigenvalue weighted by Gasteiger charge is 2.24. The van der Waals surface area contributed by atoms with Gasteiger partial charge in [0.05, 0.1) is 7.11 Å². The molecule has 2 aromatic rings. The number of benzene rings is 1. The summed E-state index contributed by atoms with van der Waals surface area (Å²) in [5, 5.41) is 6.18. The van der Waals surface area contributed by atoms with E-state index >= 15 is 0 Å². The van der Waals surface area contributed by atoms with Crippen molar-refractivity contribution in [1.82, 2.24) is 15.1 Å². The van der Waals surface area contributed by atoms with Crippen LogP contribution in [-0.2, 0) is 0 Å². The minimum atomic E-state index is -0.307. The van der Waals surface area contributed by atoms with Crippen LogP contribution in [0.3, 0.4) is 0 Å². The van der Waals surface area contributed by atoms with Gasteiger partial charge in [0.2, 0.25) is 0 Å². The van der Waals surface area contributed by atoms with Gasteiger partial charge in [-0.05, 0) is 36.6 Å². The number of likely N-dealkylation sites (tertiary alicyclic amines) is 1. The fourth-order valence-corrected chi connectivity index (χ4v) is 3.10. The molecule has 0 radical (unpaired) electrons. The summed E-state index contributed by atoms with van der Waals surface area (Å²) < 4.78 is 5.21. The summed E-state index contributed by atoms with van der Waals surface area (Å²) in [7, 11) is 1.65. The lowest BCUT2D eigenvalue weighted by Gasteiger charge is -2.24. The first-order valence-electron chi connectivity index (χ1n) is 8.16. The van der Waals surface area contributed by atoms with Crippen LogP contribution in [0.15, 0.2) is 41.2 Å². The zero-order valence-corrected chi connectivity index (χ0v) is 13.7. The second-order valence-corrected chi connectivity index (χ2v) is 6.02. The maximum atomic E-state index is 12.7. The van der Waals surface area contributed by atoms with Crippen molar-refractivity contribution in [2.75, 3.05) is 20.2 Å². The summed E-state index contributed by atoms with van der Waals surface area (Å²) in [6.45, 7) is 1.37. The van der Waals surface area contributed by atoms with E-state index in [2.05, 4.69) is 22.3 Å². The molecule has 6 nitrogen and oxygen atoms in total. The lowest BCUT2D eigenvalue weighted by Crippen LogP contribution is -2.35. The summed E-state index contributed by atoms with van der Waals surface area (Å²) in [5.41, 5.74) is 1.19. The van der Waals surface area contributed by atoms with Gasteiger partial charge in [0.25, 0.3) is 11.5 Å². The molecule has 0 aliphatic carbocycles. The van der Waals surface area contributed by atoms with Crippen molar-refractivity contribution >= 4 is 5.91 Å². The zero-order valence-electron chi connectivity index (χ0n) is 13.7. The molecule has 3 rings (SSSR count). The fraction of sp³-hybridized carbons (Fsp3) is 0.389. The molecule has 0 bridgehead atoms. The Morgan fingerprint density at radius 1 is 1.21 bits per heavy atom. The predicted molar refractivity (Wildman–Crippen MR) is 90.3 cm³/mol. The average molecular weight is 327 g/mol. The molecule has 1 aromatic heterocycles. The molecule has 1 aliphatic rings. The monoisotopic (exact) mass is 327 g/mol. The molecule has 6 heteroatoms. The Kier molecular flexibility index (Phi) is 4.93. The van der Waals surface area contributed by atoms with Crippen molar-refractivity contribution in [1.29, 1.82) is 0 Å². The molecule has 1 unspecified atom stereocenters. The minimum Gasteiger partial charge on any atom is -0.497 e. The smallest absolute Gasteiger partial charge is 0.274 e. The number of hydrogen-bond acceptors (Lipinski definition) is 4. The lowest BCUT2D eigenvalue weighted by atomic mass is 9.94. The lowest BCUT2D eigenvalue weighted by molar-refractivity contribution is 0.0747. The van der Waals surface area contributed by atoms with E-state index in [1.807, 2.05) is 17.0 Å². The number of nitrogens with zero attached hydrogens (tertiary/aromatic N) is 2. The third-order valence-electron chi connectivity index (χ3n) is 4.44. The van der Waals surface area contributed by atoms with Crippen molar-refractivity contribution in [3.8, 4) is 5.75 Å². The number of hydrogen-bond donors (Lipinski definition) is 1. The molecule has 1 aliphatic heterocycles. The maximum absolute atomic E-state index is 12.7. The molecule has 1 atom stereocenters. The average Bonchev–Trinajstić information content (AvgIpc) is 2.88. The van der Waals surface area contributed by atoms with Crippen LogP contribution in [0.5, 0.6) is 5.75 Å². The van der Waals surface area contributed by atoms with E-state index in [1.54, 1.807) is 7.11 Å². The molecule has 0 saturated carbocycles. The van der Waals surface area contributed by atoms with Gasteiger partial charge in [0, 0.05) is 25.1 Å². The number of amides is 1. The molecule has 24 heavy (non-hydrogen) atoms. The van der Waals surface area contributed by atoms with Crippen molar-refractivity contribution in [3.63, 3.8) is 0 Å². The van der Waals surface area contributed by atoms with Gasteiger partial charge in [-0.25, -0.2) is 5.10 Å². The number of methoxy groups -OCH3 is 1. The second kappa shape index (κ2) is 7.29. The van der Waals surface area contributed by atoms with E-state index < -0.39 is 0 Å². The molecule has 1 N–H and O–H groups in total. The van der Waals surface area contributed by atoms with E-state index in [-0.39, 0.29) is 17.2 Å². The molecule has 1 saturated heterocycles. The highest BCUT2D eigenvalue weighted by Crippen LogP contribution is 2.28. The molecule has 2 heterocycles. The zero-order chi connectivity index (χ0) is 16.9. The number of aromatic nitrogens is 2. The Hall–Kier alpha value is -2.63. The van der Waals surface area contributed by atoms with Crippen LogP contribution in [0.1, 0.15) is 41.2 Å². The summed E-state index contributed by atoms with van der Waals surface area (Å²) >= 11 is 0. The molecule has 1 amide bonds. The Morgan fingerprint density at radius 2 is 2.00 bits per heavy atom. The van der Waals surface area contributed by atoms with E-state index in [1.165, 1.54) is 17.7 Å². The standard InChI is InChI=1S/C18H21N3O3/c1-24-15-7-5-13(6-8-15)14-4-2-3-11-21(12-14)18(23)16-9-10-17(22)20-19-16/h5-10,14H,2-4,11-12H2,1H3,(H,20,22). The summed E-state index contributed by atoms with van der Waals surface area (Å²) in [5.74, 6) is 0.995. The first-order valence-corrected chi connectivity index (χ1v) is 8.16. The number of aromatic amines is 1. The van der Waals surface area contributed by atoms with E-state index in [4.69, 9.17) is 4.74 Å². The Morgan fingerprint density at radius 3 is 2.67 bits per heavy atom. The van der Waals surface area contributed by atoms with Crippen LogP contribution in [0.4, 0.5) is 0 Å². The molecular formula is C18H21N3O3. The van der Waals surface area contributed by atoms with Gasteiger partial charge in [0.1, 0.15) is 11.4 Å². The van der Waals surface area contributed by atoms with Gasteiger partial charge in [-0.3, -0.25) is 9.59 Å². The summed E-state index contributed by atoms with van der Waals surface area (Å²) in [4.78, 5) is 25.6. The molecular weight excluding hydrogens is 306 g/mol. The van der Waals surface area contributed by atoms with Gasteiger partial charge < -0.3 is 9.64 Å². The third-order valence-corrected chi connectivity index (χ3v) is 4.44. The van der Waals surface area contributed by atoms with Crippen LogP contribution in [0.25, 0.3) is 0 Å². The normalized spacial score (nSPS) is 18.0. The topological polar surface area (TPSA) is 75.3 Å². The number of nitrogens with one attached hydrogen (secondary N) is 1. The fourth-order valence-electron chi connectivity index (χ4n) is 3.10.